The average Bonchev–Trinajstić information content (AvgIpc) is 2.35. The normalized spacial score (nSPS) is 9.94. The second kappa shape index (κ2) is 7.91. The summed E-state index contributed by atoms with van der Waals surface area (Å²) < 4.78 is 15.5. The first-order chi connectivity index (χ1) is 8.27. The molecule has 1 rings (SSSR count). The fraction of sp³-hybridized carbons (Fsp3) is 0.417. The van der Waals surface area contributed by atoms with Gasteiger partial charge in [-0.15, -0.1) is 0 Å². The van der Waals surface area contributed by atoms with E-state index in [0.29, 0.717) is 42.8 Å². The molecular weight excluding hydrogens is 242 g/mol. The van der Waals surface area contributed by atoms with Crippen LogP contribution in [0.4, 0.5) is 0 Å². The summed E-state index contributed by atoms with van der Waals surface area (Å²) in [6.45, 7) is 1.94. The lowest BCUT2D eigenvalue weighted by atomic mass is 10.2. The molecule has 4 nitrogen and oxygen atoms in total. The van der Waals surface area contributed by atoms with E-state index >= 15 is 0 Å². The van der Waals surface area contributed by atoms with Crippen molar-refractivity contribution >= 4 is 11.6 Å². The maximum atomic E-state index is 8.88. The second-order valence-electron chi connectivity index (χ2n) is 3.21. The van der Waals surface area contributed by atoms with Gasteiger partial charge < -0.3 is 14.2 Å². The van der Waals surface area contributed by atoms with Crippen LogP contribution in [0.2, 0.25) is 5.02 Å². The Morgan fingerprint density at radius 3 is 2.71 bits per heavy atom. The van der Waals surface area contributed by atoms with Crippen LogP contribution in [0.15, 0.2) is 18.2 Å². The van der Waals surface area contributed by atoms with Crippen molar-refractivity contribution in [2.24, 2.45) is 0 Å². The summed E-state index contributed by atoms with van der Waals surface area (Å²) in [7, 11) is 1.62. The van der Waals surface area contributed by atoms with Gasteiger partial charge in [0.2, 0.25) is 0 Å². The quantitative estimate of drug-likeness (QED) is 0.702. The molecule has 0 bridgehead atoms. The largest absolute Gasteiger partial charge is 0.490 e. The summed E-state index contributed by atoms with van der Waals surface area (Å²) >= 11 is 5.77. The van der Waals surface area contributed by atoms with E-state index in [1.165, 1.54) is 0 Å². The predicted molar refractivity (Wildman–Crippen MR) is 64.4 cm³/mol. The Balaban J connectivity index is 2.34. The van der Waals surface area contributed by atoms with Crippen molar-refractivity contribution in [2.45, 2.75) is 0 Å². The number of ether oxygens (including phenoxy) is 3. The highest BCUT2D eigenvalue weighted by atomic mass is 35.5. The first-order valence-electron chi connectivity index (χ1n) is 5.17. The molecule has 17 heavy (non-hydrogen) atoms. The SMILES string of the molecule is COCCOCCOc1ccc(Cl)cc1C#N. The Labute approximate surface area is 106 Å². The molecule has 0 spiro atoms. The smallest absolute Gasteiger partial charge is 0.137 e. The Kier molecular flexibility index (Phi) is 6.41. The van der Waals surface area contributed by atoms with Gasteiger partial charge in [0.1, 0.15) is 18.4 Å². The van der Waals surface area contributed by atoms with E-state index in [9.17, 15) is 0 Å². The minimum atomic E-state index is 0.389. The highest BCUT2D eigenvalue weighted by Crippen LogP contribution is 2.21. The third-order valence-electron chi connectivity index (χ3n) is 1.98. The Bertz CT molecular complexity index is 390. The van der Waals surface area contributed by atoms with Gasteiger partial charge in [-0.2, -0.15) is 5.26 Å². The van der Waals surface area contributed by atoms with E-state index in [0.717, 1.165) is 0 Å². The number of rotatable bonds is 7. The summed E-state index contributed by atoms with van der Waals surface area (Å²) in [4.78, 5) is 0. The van der Waals surface area contributed by atoms with Crippen LogP contribution in [0, 0.1) is 11.3 Å². The number of hydrogen-bond donors (Lipinski definition) is 0. The van der Waals surface area contributed by atoms with Crippen LogP contribution in [-0.4, -0.2) is 33.5 Å². The molecule has 0 amide bonds. The van der Waals surface area contributed by atoms with Crippen molar-refractivity contribution < 1.29 is 14.2 Å². The lowest BCUT2D eigenvalue weighted by Crippen LogP contribution is -2.10. The van der Waals surface area contributed by atoms with Gasteiger partial charge in [-0.05, 0) is 18.2 Å². The van der Waals surface area contributed by atoms with Crippen LogP contribution in [0.3, 0.4) is 0 Å². The molecule has 0 saturated heterocycles. The monoisotopic (exact) mass is 255 g/mol. The van der Waals surface area contributed by atoms with Crippen LogP contribution < -0.4 is 4.74 Å². The van der Waals surface area contributed by atoms with Crippen LogP contribution >= 0.6 is 11.6 Å². The summed E-state index contributed by atoms with van der Waals surface area (Å²) in [5, 5.41) is 9.40. The van der Waals surface area contributed by atoms with E-state index < -0.39 is 0 Å². The van der Waals surface area contributed by atoms with Crippen LogP contribution in [-0.2, 0) is 9.47 Å². The van der Waals surface area contributed by atoms with Crippen molar-refractivity contribution in [3.05, 3.63) is 28.8 Å². The number of hydrogen-bond acceptors (Lipinski definition) is 4. The zero-order valence-electron chi connectivity index (χ0n) is 9.61. The first kappa shape index (κ1) is 13.8. The topological polar surface area (TPSA) is 51.5 Å². The summed E-state index contributed by atoms with van der Waals surface area (Å²) in [5.74, 6) is 0.521. The van der Waals surface area contributed by atoms with E-state index in [4.69, 9.17) is 31.1 Å². The molecule has 0 N–H and O–H groups in total. The fourth-order valence-electron chi connectivity index (χ4n) is 1.17. The van der Waals surface area contributed by atoms with Crippen LogP contribution in [0.1, 0.15) is 5.56 Å². The van der Waals surface area contributed by atoms with E-state index in [2.05, 4.69) is 0 Å². The molecule has 1 aromatic rings. The van der Waals surface area contributed by atoms with Gasteiger partial charge in [-0.1, -0.05) is 11.6 Å². The molecule has 0 aliphatic rings. The average molecular weight is 256 g/mol. The molecule has 0 unspecified atom stereocenters. The maximum absolute atomic E-state index is 8.88. The zero-order chi connectivity index (χ0) is 12.5. The van der Waals surface area contributed by atoms with Crippen LogP contribution in [0.25, 0.3) is 0 Å². The van der Waals surface area contributed by atoms with Crippen molar-refractivity contribution in [2.75, 3.05) is 33.5 Å². The molecular formula is C12H14ClNO3. The minimum Gasteiger partial charge on any atom is -0.490 e. The summed E-state index contributed by atoms with van der Waals surface area (Å²) in [6.07, 6.45) is 0. The molecule has 92 valence electrons. The molecule has 0 saturated carbocycles. The number of methoxy groups -OCH3 is 1. The minimum absolute atomic E-state index is 0.389. The standard InChI is InChI=1S/C12H14ClNO3/c1-15-4-5-16-6-7-17-12-3-2-11(13)8-10(12)9-14/h2-3,8H,4-7H2,1H3. The highest BCUT2D eigenvalue weighted by molar-refractivity contribution is 6.30. The number of halogens is 1. The molecule has 0 aliphatic carbocycles. The second-order valence-corrected chi connectivity index (χ2v) is 3.64. The van der Waals surface area contributed by atoms with Gasteiger partial charge in [0, 0.05) is 12.1 Å². The van der Waals surface area contributed by atoms with Gasteiger partial charge >= 0.3 is 0 Å². The van der Waals surface area contributed by atoms with Gasteiger partial charge in [0.25, 0.3) is 0 Å². The molecule has 1 aromatic carbocycles. The van der Waals surface area contributed by atoms with Gasteiger partial charge in [-0.3, -0.25) is 0 Å². The number of nitriles is 1. The van der Waals surface area contributed by atoms with Crippen molar-refractivity contribution in [3.63, 3.8) is 0 Å². The summed E-state index contributed by atoms with van der Waals surface area (Å²) in [5.41, 5.74) is 0.425. The molecule has 0 aliphatic heterocycles. The number of benzene rings is 1. The Morgan fingerprint density at radius 2 is 2.00 bits per heavy atom. The van der Waals surface area contributed by atoms with Crippen molar-refractivity contribution in [1.82, 2.24) is 0 Å². The van der Waals surface area contributed by atoms with Crippen molar-refractivity contribution in [1.29, 1.82) is 5.26 Å². The first-order valence-corrected chi connectivity index (χ1v) is 5.55. The molecule has 0 aromatic heterocycles. The fourth-order valence-corrected chi connectivity index (χ4v) is 1.34. The van der Waals surface area contributed by atoms with E-state index in [1.807, 2.05) is 6.07 Å². The Morgan fingerprint density at radius 1 is 1.24 bits per heavy atom. The Hall–Kier alpha value is -1.28. The summed E-state index contributed by atoms with van der Waals surface area (Å²) in [6, 6.07) is 6.96. The van der Waals surface area contributed by atoms with Gasteiger partial charge in [0.15, 0.2) is 0 Å². The van der Waals surface area contributed by atoms with E-state index in [1.54, 1.807) is 25.3 Å². The maximum Gasteiger partial charge on any atom is 0.137 e. The lowest BCUT2D eigenvalue weighted by Gasteiger charge is -2.08. The van der Waals surface area contributed by atoms with Crippen LogP contribution in [0.5, 0.6) is 5.75 Å². The molecule has 0 radical (unpaired) electrons. The van der Waals surface area contributed by atoms with E-state index in [-0.39, 0.29) is 0 Å². The third kappa shape index (κ3) is 5.05. The molecule has 0 atom stereocenters. The van der Waals surface area contributed by atoms with Gasteiger partial charge in [0.05, 0.1) is 25.4 Å². The lowest BCUT2D eigenvalue weighted by molar-refractivity contribution is 0.0544. The third-order valence-corrected chi connectivity index (χ3v) is 2.21. The van der Waals surface area contributed by atoms with Gasteiger partial charge in [-0.25, -0.2) is 0 Å². The highest BCUT2D eigenvalue weighted by Gasteiger charge is 2.03. The zero-order valence-corrected chi connectivity index (χ0v) is 10.4. The predicted octanol–water partition coefficient (Wildman–Crippen LogP) is 2.25. The molecule has 0 fully saturated rings. The molecule has 0 heterocycles. The number of nitrogens with zero attached hydrogens (tertiary/aromatic N) is 1. The van der Waals surface area contributed by atoms with Crippen molar-refractivity contribution in [3.8, 4) is 11.8 Å². The molecule has 5 heteroatoms.